The van der Waals surface area contributed by atoms with Crippen molar-refractivity contribution in [3.8, 4) is 5.75 Å². The number of carbonyl (C=O) groups excluding carboxylic acids is 1. The monoisotopic (exact) mass is 342 g/mol. The number of fused-ring (bicyclic) bond motifs is 1. The molecular formula is C17H24ClFN2O2. The van der Waals surface area contributed by atoms with Gasteiger partial charge in [-0.15, -0.1) is 12.4 Å². The molecule has 1 saturated carbocycles. The Kier molecular flexibility index (Phi) is 5.87. The maximum atomic E-state index is 14.0. The van der Waals surface area contributed by atoms with Crippen LogP contribution in [0.15, 0.2) is 18.2 Å². The Morgan fingerprint density at radius 2 is 2.30 bits per heavy atom. The second kappa shape index (κ2) is 7.49. The molecule has 128 valence electrons. The van der Waals surface area contributed by atoms with Crippen LogP contribution in [0.3, 0.4) is 0 Å². The van der Waals surface area contributed by atoms with Gasteiger partial charge in [0.2, 0.25) is 5.91 Å². The summed E-state index contributed by atoms with van der Waals surface area (Å²) in [5.41, 5.74) is 0.199. The number of ether oxygens (including phenoxy) is 1. The minimum absolute atomic E-state index is 0. The van der Waals surface area contributed by atoms with Crippen molar-refractivity contribution in [1.29, 1.82) is 0 Å². The smallest absolute Gasteiger partial charge is 0.228 e. The van der Waals surface area contributed by atoms with Gasteiger partial charge in [0.25, 0.3) is 0 Å². The zero-order chi connectivity index (χ0) is 15.6. The van der Waals surface area contributed by atoms with E-state index in [9.17, 15) is 9.18 Å². The lowest BCUT2D eigenvalue weighted by atomic mass is 9.67. The van der Waals surface area contributed by atoms with Gasteiger partial charge in [0.15, 0.2) is 0 Å². The van der Waals surface area contributed by atoms with Crippen LogP contribution in [0.25, 0.3) is 0 Å². The lowest BCUT2D eigenvalue weighted by Crippen LogP contribution is -2.47. The van der Waals surface area contributed by atoms with Crippen molar-refractivity contribution < 1.29 is 13.9 Å². The number of halogens is 2. The minimum atomic E-state index is -0.345. The summed E-state index contributed by atoms with van der Waals surface area (Å²) in [7, 11) is 1.51. The molecule has 0 bridgehead atoms. The normalized spacial score (nSPS) is 26.1. The molecule has 23 heavy (non-hydrogen) atoms. The lowest BCUT2D eigenvalue weighted by Gasteiger charge is -2.37. The maximum Gasteiger partial charge on any atom is 0.228 e. The first-order valence-corrected chi connectivity index (χ1v) is 7.97. The first-order chi connectivity index (χ1) is 10.7. The first kappa shape index (κ1) is 18.0. The number of benzene rings is 1. The van der Waals surface area contributed by atoms with Crippen LogP contribution in [0.5, 0.6) is 5.75 Å². The van der Waals surface area contributed by atoms with Gasteiger partial charge in [0.1, 0.15) is 11.6 Å². The summed E-state index contributed by atoms with van der Waals surface area (Å²) >= 11 is 0. The van der Waals surface area contributed by atoms with E-state index in [1.165, 1.54) is 19.6 Å². The summed E-state index contributed by atoms with van der Waals surface area (Å²) in [5, 5.41) is 6.31. The molecule has 1 saturated heterocycles. The molecule has 4 nitrogen and oxygen atoms in total. The molecule has 0 radical (unpaired) electrons. The lowest BCUT2D eigenvalue weighted by molar-refractivity contribution is -0.134. The molecule has 2 atom stereocenters. The Labute approximate surface area is 142 Å². The number of rotatable bonds is 4. The van der Waals surface area contributed by atoms with Crippen LogP contribution in [-0.2, 0) is 11.3 Å². The highest BCUT2D eigenvalue weighted by Crippen LogP contribution is 2.43. The molecule has 1 aromatic carbocycles. The molecule has 2 fully saturated rings. The number of methoxy groups -OCH3 is 1. The molecule has 2 aliphatic rings. The standard InChI is InChI=1S/C17H23FN2O2.ClH/c1-22-14-6-5-12(15(18)8-14)9-20-16(21)17-7-3-2-4-13(17)10-19-11-17;/h5-6,8,13,19H,2-4,7,9-11H2,1H3,(H,20,21);1H/t13-,17+;/m0./s1. The van der Waals surface area contributed by atoms with Crippen molar-refractivity contribution in [1.82, 2.24) is 10.6 Å². The highest BCUT2D eigenvalue weighted by atomic mass is 35.5. The van der Waals surface area contributed by atoms with Gasteiger partial charge in [-0.05, 0) is 31.4 Å². The molecule has 1 aliphatic carbocycles. The Hall–Kier alpha value is -1.33. The Morgan fingerprint density at radius 1 is 1.48 bits per heavy atom. The molecule has 3 rings (SSSR count). The van der Waals surface area contributed by atoms with Crippen LogP contribution >= 0.6 is 12.4 Å². The van der Waals surface area contributed by atoms with Gasteiger partial charge in [-0.3, -0.25) is 4.79 Å². The van der Waals surface area contributed by atoms with E-state index in [0.717, 1.165) is 32.4 Å². The van der Waals surface area contributed by atoms with Gasteiger partial charge < -0.3 is 15.4 Å². The number of hydrogen-bond donors (Lipinski definition) is 2. The third kappa shape index (κ3) is 3.45. The fourth-order valence-electron chi connectivity index (χ4n) is 3.84. The van der Waals surface area contributed by atoms with E-state index >= 15 is 0 Å². The molecule has 1 amide bonds. The first-order valence-electron chi connectivity index (χ1n) is 7.97. The highest BCUT2D eigenvalue weighted by Gasteiger charge is 2.49. The van der Waals surface area contributed by atoms with Crippen LogP contribution in [0, 0.1) is 17.2 Å². The predicted molar refractivity (Wildman–Crippen MR) is 89.3 cm³/mol. The molecule has 0 aromatic heterocycles. The predicted octanol–water partition coefficient (Wildman–Crippen LogP) is 2.65. The van der Waals surface area contributed by atoms with Crippen LogP contribution in [0.1, 0.15) is 31.2 Å². The van der Waals surface area contributed by atoms with Gasteiger partial charge in [0, 0.05) is 24.7 Å². The minimum Gasteiger partial charge on any atom is -0.497 e. The largest absolute Gasteiger partial charge is 0.497 e. The van der Waals surface area contributed by atoms with Crippen molar-refractivity contribution >= 4 is 18.3 Å². The molecule has 0 unspecified atom stereocenters. The zero-order valence-electron chi connectivity index (χ0n) is 13.4. The second-order valence-corrected chi connectivity index (χ2v) is 6.37. The SMILES string of the molecule is COc1ccc(CNC(=O)[C@@]23CCCC[C@H]2CNC3)c(F)c1.Cl. The van der Waals surface area contributed by atoms with Crippen molar-refractivity contribution in [3.63, 3.8) is 0 Å². The molecule has 1 aromatic rings. The van der Waals surface area contributed by atoms with Crippen LogP contribution < -0.4 is 15.4 Å². The van der Waals surface area contributed by atoms with Crippen molar-refractivity contribution in [2.45, 2.75) is 32.2 Å². The molecular weight excluding hydrogens is 319 g/mol. The summed E-state index contributed by atoms with van der Waals surface area (Å²) in [6, 6.07) is 4.72. The molecule has 1 heterocycles. The summed E-state index contributed by atoms with van der Waals surface area (Å²) in [6.07, 6.45) is 4.34. The van der Waals surface area contributed by atoms with Gasteiger partial charge in [0.05, 0.1) is 12.5 Å². The van der Waals surface area contributed by atoms with Crippen molar-refractivity contribution in [2.24, 2.45) is 11.3 Å². The summed E-state index contributed by atoms with van der Waals surface area (Å²) in [4.78, 5) is 12.7. The maximum absolute atomic E-state index is 14.0. The topological polar surface area (TPSA) is 50.4 Å². The fraction of sp³-hybridized carbons (Fsp3) is 0.588. The fourth-order valence-corrected chi connectivity index (χ4v) is 3.84. The summed E-state index contributed by atoms with van der Waals surface area (Å²) < 4.78 is 18.9. The Balaban J connectivity index is 0.00000192. The molecule has 0 spiro atoms. The van der Waals surface area contributed by atoms with Gasteiger partial charge >= 0.3 is 0 Å². The summed E-state index contributed by atoms with van der Waals surface area (Å²) in [5.74, 6) is 0.625. The van der Waals surface area contributed by atoms with Crippen LogP contribution in [-0.4, -0.2) is 26.1 Å². The molecule has 2 N–H and O–H groups in total. The average Bonchev–Trinajstić information content (AvgIpc) is 2.98. The third-order valence-corrected chi connectivity index (χ3v) is 5.19. The van der Waals surface area contributed by atoms with Crippen LogP contribution in [0.4, 0.5) is 4.39 Å². The number of amides is 1. The third-order valence-electron chi connectivity index (χ3n) is 5.19. The number of hydrogen-bond acceptors (Lipinski definition) is 3. The van der Waals surface area contributed by atoms with E-state index in [-0.39, 0.29) is 36.1 Å². The number of nitrogens with one attached hydrogen (secondary N) is 2. The van der Waals surface area contributed by atoms with E-state index < -0.39 is 0 Å². The van der Waals surface area contributed by atoms with Gasteiger partial charge in [-0.25, -0.2) is 4.39 Å². The van der Waals surface area contributed by atoms with E-state index in [2.05, 4.69) is 10.6 Å². The molecule has 6 heteroatoms. The van der Waals surface area contributed by atoms with Crippen molar-refractivity contribution in [2.75, 3.05) is 20.2 Å². The Morgan fingerprint density at radius 3 is 3.04 bits per heavy atom. The van der Waals surface area contributed by atoms with E-state index in [4.69, 9.17) is 4.74 Å². The average molecular weight is 343 g/mol. The van der Waals surface area contributed by atoms with E-state index in [0.29, 0.717) is 17.2 Å². The Bertz CT molecular complexity index is 570. The van der Waals surface area contributed by atoms with Gasteiger partial charge in [-0.1, -0.05) is 18.9 Å². The zero-order valence-corrected chi connectivity index (χ0v) is 14.2. The van der Waals surface area contributed by atoms with E-state index in [1.807, 2.05) is 0 Å². The van der Waals surface area contributed by atoms with Crippen LogP contribution in [0.2, 0.25) is 0 Å². The second-order valence-electron chi connectivity index (χ2n) is 6.37. The van der Waals surface area contributed by atoms with Crippen molar-refractivity contribution in [3.05, 3.63) is 29.6 Å². The highest BCUT2D eigenvalue weighted by molar-refractivity contribution is 5.85. The summed E-state index contributed by atoms with van der Waals surface area (Å²) in [6.45, 7) is 1.89. The molecule has 1 aliphatic heterocycles. The van der Waals surface area contributed by atoms with Gasteiger partial charge in [-0.2, -0.15) is 0 Å². The quantitative estimate of drug-likeness (QED) is 0.884. The van der Waals surface area contributed by atoms with E-state index in [1.54, 1.807) is 12.1 Å². The number of carbonyl (C=O) groups is 1.